The van der Waals surface area contributed by atoms with Crippen LogP contribution in [0.25, 0.3) is 0 Å². The Morgan fingerprint density at radius 2 is 2.24 bits per heavy atom. The number of aryl methyl sites for hydroxylation is 1. The van der Waals surface area contributed by atoms with Crippen molar-refractivity contribution in [2.75, 3.05) is 17.7 Å². The van der Waals surface area contributed by atoms with E-state index in [1.807, 2.05) is 0 Å². The Bertz CT molecular complexity index is 514. The van der Waals surface area contributed by atoms with Crippen LogP contribution >= 0.6 is 15.9 Å². The van der Waals surface area contributed by atoms with Crippen molar-refractivity contribution in [3.8, 4) is 0 Å². The fourth-order valence-electron chi connectivity index (χ4n) is 1.19. The van der Waals surface area contributed by atoms with E-state index in [4.69, 9.17) is 4.52 Å². The highest BCUT2D eigenvalue weighted by Gasteiger charge is 2.06. The highest BCUT2D eigenvalue weighted by Crippen LogP contribution is 2.20. The second kappa shape index (κ2) is 5.09. The smallest absolute Gasteiger partial charge is 0.224 e. The first-order chi connectivity index (χ1) is 8.19. The summed E-state index contributed by atoms with van der Waals surface area (Å²) >= 11 is 3.36. The Morgan fingerprint density at radius 3 is 2.88 bits per heavy atom. The van der Waals surface area contributed by atoms with Crippen LogP contribution in [0.3, 0.4) is 0 Å². The molecule has 0 aliphatic heterocycles. The molecule has 17 heavy (non-hydrogen) atoms. The normalized spacial score (nSPS) is 10.3. The maximum Gasteiger partial charge on any atom is 0.224 e. The van der Waals surface area contributed by atoms with Gasteiger partial charge < -0.3 is 15.2 Å². The van der Waals surface area contributed by atoms with E-state index in [-0.39, 0.29) is 0 Å². The molecule has 0 saturated carbocycles. The molecular formula is C9H11BrN6O. The molecule has 2 aromatic rings. The molecule has 0 bridgehead atoms. The van der Waals surface area contributed by atoms with Gasteiger partial charge in [-0.05, 0) is 15.9 Å². The summed E-state index contributed by atoms with van der Waals surface area (Å²) in [5, 5.41) is 9.74. The zero-order valence-corrected chi connectivity index (χ0v) is 10.9. The van der Waals surface area contributed by atoms with E-state index in [9.17, 15) is 0 Å². The summed E-state index contributed by atoms with van der Waals surface area (Å²) in [6.45, 7) is 2.19. The SMILES string of the molecule is CNc1ncc(Br)c(NCc2noc(C)n2)n1. The number of anilines is 2. The minimum absolute atomic E-state index is 0.441. The highest BCUT2D eigenvalue weighted by molar-refractivity contribution is 9.10. The van der Waals surface area contributed by atoms with Crippen molar-refractivity contribution in [3.63, 3.8) is 0 Å². The van der Waals surface area contributed by atoms with Gasteiger partial charge in [0.15, 0.2) is 5.82 Å². The topological polar surface area (TPSA) is 88.8 Å². The fraction of sp³-hybridized carbons (Fsp3) is 0.333. The molecule has 8 heteroatoms. The molecule has 0 aliphatic carbocycles. The van der Waals surface area contributed by atoms with Gasteiger partial charge in [-0.25, -0.2) is 4.98 Å². The monoisotopic (exact) mass is 298 g/mol. The number of halogens is 1. The van der Waals surface area contributed by atoms with E-state index in [2.05, 4.69) is 46.7 Å². The van der Waals surface area contributed by atoms with Gasteiger partial charge in [0.05, 0.1) is 11.0 Å². The van der Waals surface area contributed by atoms with Gasteiger partial charge in [0, 0.05) is 20.2 Å². The summed E-state index contributed by atoms with van der Waals surface area (Å²) in [7, 11) is 1.76. The van der Waals surface area contributed by atoms with Crippen LogP contribution in [-0.4, -0.2) is 27.2 Å². The Labute approximate surface area is 106 Å². The summed E-state index contributed by atoms with van der Waals surface area (Å²) < 4.78 is 5.64. The lowest BCUT2D eigenvalue weighted by Crippen LogP contribution is -2.06. The van der Waals surface area contributed by atoms with Gasteiger partial charge in [-0.3, -0.25) is 0 Å². The van der Waals surface area contributed by atoms with E-state index in [0.29, 0.717) is 30.0 Å². The van der Waals surface area contributed by atoms with Gasteiger partial charge in [-0.1, -0.05) is 5.16 Å². The molecule has 0 atom stereocenters. The Morgan fingerprint density at radius 1 is 1.41 bits per heavy atom. The number of hydrogen-bond donors (Lipinski definition) is 2. The molecule has 0 radical (unpaired) electrons. The standard InChI is InChI=1S/C9H11BrN6O/c1-5-14-7(16-17-5)4-12-8-6(10)3-13-9(11-2)15-8/h3H,4H2,1-2H3,(H2,11,12,13,15). The van der Waals surface area contributed by atoms with E-state index >= 15 is 0 Å². The summed E-state index contributed by atoms with van der Waals surface area (Å²) in [5.41, 5.74) is 0. The number of nitrogens with zero attached hydrogens (tertiary/aromatic N) is 4. The molecule has 0 fully saturated rings. The van der Waals surface area contributed by atoms with E-state index in [1.54, 1.807) is 20.2 Å². The molecule has 0 saturated heterocycles. The van der Waals surface area contributed by atoms with E-state index in [1.165, 1.54) is 0 Å². The zero-order valence-electron chi connectivity index (χ0n) is 9.36. The van der Waals surface area contributed by atoms with Crippen LogP contribution in [-0.2, 0) is 6.54 Å². The molecule has 90 valence electrons. The predicted molar refractivity (Wildman–Crippen MR) is 65.6 cm³/mol. The lowest BCUT2D eigenvalue weighted by molar-refractivity contribution is 0.388. The van der Waals surface area contributed by atoms with Gasteiger partial charge in [-0.2, -0.15) is 9.97 Å². The number of nitrogens with one attached hydrogen (secondary N) is 2. The minimum Gasteiger partial charge on any atom is -0.362 e. The molecule has 0 spiro atoms. The van der Waals surface area contributed by atoms with Crippen molar-refractivity contribution in [1.82, 2.24) is 20.1 Å². The quantitative estimate of drug-likeness (QED) is 0.886. The van der Waals surface area contributed by atoms with Crippen LogP contribution in [0.1, 0.15) is 11.7 Å². The summed E-state index contributed by atoms with van der Waals surface area (Å²) in [6, 6.07) is 0. The number of hydrogen-bond acceptors (Lipinski definition) is 7. The van der Waals surface area contributed by atoms with Crippen molar-refractivity contribution >= 4 is 27.7 Å². The van der Waals surface area contributed by atoms with Gasteiger partial charge in [-0.15, -0.1) is 0 Å². The summed E-state index contributed by atoms with van der Waals surface area (Å²) in [5.74, 6) is 2.34. The molecule has 7 nitrogen and oxygen atoms in total. The fourth-order valence-corrected chi connectivity index (χ4v) is 1.52. The third kappa shape index (κ3) is 2.90. The molecule has 2 N–H and O–H groups in total. The zero-order chi connectivity index (χ0) is 12.3. The average Bonchev–Trinajstić information content (AvgIpc) is 2.74. The Kier molecular flexibility index (Phi) is 3.52. The van der Waals surface area contributed by atoms with Crippen LogP contribution in [0.15, 0.2) is 15.2 Å². The van der Waals surface area contributed by atoms with Gasteiger partial charge >= 0.3 is 0 Å². The highest BCUT2D eigenvalue weighted by atomic mass is 79.9. The van der Waals surface area contributed by atoms with Crippen molar-refractivity contribution in [2.24, 2.45) is 0 Å². The van der Waals surface area contributed by atoms with Crippen LogP contribution in [0, 0.1) is 6.92 Å². The van der Waals surface area contributed by atoms with Crippen molar-refractivity contribution in [1.29, 1.82) is 0 Å². The first kappa shape index (κ1) is 11.8. The minimum atomic E-state index is 0.441. The first-order valence-corrected chi connectivity index (χ1v) is 5.71. The average molecular weight is 299 g/mol. The van der Waals surface area contributed by atoms with Crippen LogP contribution in [0.4, 0.5) is 11.8 Å². The van der Waals surface area contributed by atoms with Crippen LogP contribution < -0.4 is 10.6 Å². The van der Waals surface area contributed by atoms with Crippen LogP contribution in [0.2, 0.25) is 0 Å². The summed E-state index contributed by atoms with van der Waals surface area (Å²) in [6.07, 6.45) is 1.67. The molecule has 0 aromatic carbocycles. The maximum absolute atomic E-state index is 4.87. The van der Waals surface area contributed by atoms with Crippen LogP contribution in [0.5, 0.6) is 0 Å². The number of aromatic nitrogens is 4. The predicted octanol–water partition coefficient (Wildman–Crippen LogP) is 1.58. The van der Waals surface area contributed by atoms with Gasteiger partial charge in [0.1, 0.15) is 5.82 Å². The lowest BCUT2D eigenvalue weighted by atomic mass is 10.5. The van der Waals surface area contributed by atoms with Gasteiger partial charge in [0.25, 0.3) is 0 Å². The summed E-state index contributed by atoms with van der Waals surface area (Å²) in [4.78, 5) is 12.4. The first-order valence-electron chi connectivity index (χ1n) is 4.92. The molecule has 0 aliphatic rings. The third-order valence-corrected chi connectivity index (χ3v) is 2.53. The van der Waals surface area contributed by atoms with E-state index < -0.39 is 0 Å². The van der Waals surface area contributed by atoms with Crippen molar-refractivity contribution in [2.45, 2.75) is 13.5 Å². The number of rotatable bonds is 4. The molecule has 0 amide bonds. The van der Waals surface area contributed by atoms with E-state index in [0.717, 1.165) is 4.47 Å². The van der Waals surface area contributed by atoms with Gasteiger partial charge in [0.2, 0.25) is 11.8 Å². The van der Waals surface area contributed by atoms with Crippen molar-refractivity contribution < 1.29 is 4.52 Å². The third-order valence-electron chi connectivity index (χ3n) is 1.95. The molecule has 2 heterocycles. The van der Waals surface area contributed by atoms with Crippen molar-refractivity contribution in [3.05, 3.63) is 22.4 Å². The molecular weight excluding hydrogens is 288 g/mol. The largest absolute Gasteiger partial charge is 0.362 e. The molecule has 2 rings (SSSR count). The second-order valence-electron chi connectivity index (χ2n) is 3.22. The Hall–Kier alpha value is -1.70. The lowest BCUT2D eigenvalue weighted by Gasteiger charge is -2.06. The maximum atomic E-state index is 4.87. The second-order valence-corrected chi connectivity index (χ2v) is 4.08. The molecule has 2 aromatic heterocycles. The Balaban J connectivity index is 2.07. The molecule has 0 unspecified atom stereocenters.